The molecule has 0 unspecified atom stereocenters. The van der Waals surface area contributed by atoms with Crippen molar-refractivity contribution in [2.75, 3.05) is 32.2 Å². The number of hydrogen-bond donors (Lipinski definition) is 0. The molecular weight excluding hydrogens is 466 g/mol. The summed E-state index contributed by atoms with van der Waals surface area (Å²) in [6, 6.07) is 16.2. The van der Waals surface area contributed by atoms with Crippen molar-refractivity contribution >= 4 is 29.0 Å². The van der Waals surface area contributed by atoms with Gasteiger partial charge in [0.2, 0.25) is 5.95 Å². The molecule has 1 saturated heterocycles. The Morgan fingerprint density at radius 3 is 2.53 bits per heavy atom. The highest BCUT2D eigenvalue weighted by Crippen LogP contribution is 2.39. The molecule has 0 spiro atoms. The van der Waals surface area contributed by atoms with Crippen molar-refractivity contribution < 1.29 is 9.47 Å². The standard InChI is InChI=1S/C25H27N5O2S2/c1-31-21-13-9-12-20(22(21)32-2)23-26-18(16-33-23)17-34-25-28-27-24(29-14-7-4-8-15-29)30(25)19-10-5-3-6-11-19/h3,5-6,9-13,16H,4,7-8,14-15,17H2,1-2H3. The normalized spacial score (nSPS) is 13.8. The molecule has 1 fully saturated rings. The number of anilines is 1. The predicted octanol–water partition coefficient (Wildman–Crippen LogP) is 5.69. The number of ether oxygens (including phenoxy) is 2. The van der Waals surface area contributed by atoms with Gasteiger partial charge in [-0.05, 0) is 43.5 Å². The smallest absolute Gasteiger partial charge is 0.232 e. The van der Waals surface area contributed by atoms with Crippen LogP contribution in [0, 0.1) is 0 Å². The van der Waals surface area contributed by atoms with Gasteiger partial charge in [0.1, 0.15) is 5.01 Å². The lowest BCUT2D eigenvalue weighted by Crippen LogP contribution is -2.31. The van der Waals surface area contributed by atoms with Gasteiger partial charge in [-0.25, -0.2) is 4.98 Å². The van der Waals surface area contributed by atoms with Crippen molar-refractivity contribution in [3.63, 3.8) is 0 Å². The fourth-order valence-corrected chi connectivity index (χ4v) is 5.93. The van der Waals surface area contributed by atoms with Crippen LogP contribution in [0.15, 0.2) is 59.1 Å². The maximum absolute atomic E-state index is 5.60. The molecule has 0 radical (unpaired) electrons. The summed E-state index contributed by atoms with van der Waals surface area (Å²) in [5.74, 6) is 3.03. The highest BCUT2D eigenvalue weighted by Gasteiger charge is 2.22. The van der Waals surface area contributed by atoms with Gasteiger partial charge in [-0.15, -0.1) is 21.5 Å². The van der Waals surface area contributed by atoms with Gasteiger partial charge in [0.05, 0.1) is 31.2 Å². The number of para-hydroxylation sites is 2. The third-order valence-corrected chi connectivity index (χ3v) is 7.69. The van der Waals surface area contributed by atoms with E-state index in [0.717, 1.165) is 46.1 Å². The van der Waals surface area contributed by atoms with E-state index >= 15 is 0 Å². The monoisotopic (exact) mass is 493 g/mol. The van der Waals surface area contributed by atoms with Crippen LogP contribution in [-0.2, 0) is 5.75 Å². The lowest BCUT2D eigenvalue weighted by Gasteiger charge is -2.27. The molecule has 2 aromatic carbocycles. The molecule has 0 N–H and O–H groups in total. The highest BCUT2D eigenvalue weighted by atomic mass is 32.2. The van der Waals surface area contributed by atoms with Gasteiger partial charge in [0.25, 0.3) is 0 Å². The van der Waals surface area contributed by atoms with E-state index in [9.17, 15) is 0 Å². The summed E-state index contributed by atoms with van der Waals surface area (Å²) in [6.07, 6.45) is 3.67. The van der Waals surface area contributed by atoms with E-state index in [2.05, 4.69) is 49.3 Å². The van der Waals surface area contributed by atoms with Gasteiger partial charge >= 0.3 is 0 Å². The SMILES string of the molecule is COc1cccc(-c2nc(CSc3nnc(N4CCCCC4)n3-c3ccccc3)cs2)c1OC. The summed E-state index contributed by atoms with van der Waals surface area (Å²) < 4.78 is 13.2. The summed E-state index contributed by atoms with van der Waals surface area (Å²) in [5.41, 5.74) is 3.01. The van der Waals surface area contributed by atoms with Crippen LogP contribution >= 0.6 is 23.1 Å². The Labute approximate surface area is 207 Å². The second-order valence-corrected chi connectivity index (χ2v) is 9.78. The third-order valence-electron chi connectivity index (χ3n) is 5.80. The Morgan fingerprint density at radius 1 is 0.941 bits per heavy atom. The largest absolute Gasteiger partial charge is 0.493 e. The summed E-state index contributed by atoms with van der Waals surface area (Å²) >= 11 is 3.26. The van der Waals surface area contributed by atoms with Crippen LogP contribution in [0.4, 0.5) is 5.95 Å². The molecule has 0 amide bonds. The van der Waals surface area contributed by atoms with Gasteiger partial charge in [-0.2, -0.15) is 0 Å². The van der Waals surface area contributed by atoms with Gasteiger partial charge in [-0.3, -0.25) is 4.57 Å². The number of benzene rings is 2. The summed E-state index contributed by atoms with van der Waals surface area (Å²) in [5, 5.41) is 13.0. The van der Waals surface area contributed by atoms with Gasteiger partial charge < -0.3 is 14.4 Å². The zero-order valence-corrected chi connectivity index (χ0v) is 20.9. The number of methoxy groups -OCH3 is 2. The van der Waals surface area contributed by atoms with E-state index in [-0.39, 0.29) is 0 Å². The molecule has 3 heterocycles. The zero-order valence-electron chi connectivity index (χ0n) is 19.3. The van der Waals surface area contributed by atoms with Gasteiger partial charge in [-0.1, -0.05) is 36.0 Å². The van der Waals surface area contributed by atoms with Gasteiger partial charge in [0.15, 0.2) is 16.7 Å². The van der Waals surface area contributed by atoms with E-state index in [1.165, 1.54) is 19.3 Å². The maximum atomic E-state index is 5.60. The maximum Gasteiger partial charge on any atom is 0.232 e. The Bertz CT molecular complexity index is 1240. The topological polar surface area (TPSA) is 65.3 Å². The van der Waals surface area contributed by atoms with Gasteiger partial charge in [0, 0.05) is 24.2 Å². The van der Waals surface area contributed by atoms with E-state index in [1.54, 1.807) is 37.3 Å². The number of piperidine rings is 1. The first-order chi connectivity index (χ1) is 16.8. The fraction of sp³-hybridized carbons (Fsp3) is 0.320. The van der Waals surface area contributed by atoms with Crippen LogP contribution in [0.3, 0.4) is 0 Å². The third kappa shape index (κ3) is 4.63. The average molecular weight is 494 g/mol. The summed E-state index contributed by atoms with van der Waals surface area (Å²) in [7, 11) is 3.30. The van der Waals surface area contributed by atoms with Crippen LogP contribution in [0.5, 0.6) is 11.5 Å². The van der Waals surface area contributed by atoms with E-state index in [0.29, 0.717) is 17.3 Å². The molecule has 1 aliphatic heterocycles. The number of thioether (sulfide) groups is 1. The quantitative estimate of drug-likeness (QED) is 0.292. The zero-order chi connectivity index (χ0) is 23.3. The summed E-state index contributed by atoms with van der Waals surface area (Å²) in [6.45, 7) is 2.04. The van der Waals surface area contributed by atoms with E-state index in [4.69, 9.17) is 14.5 Å². The molecule has 7 nitrogen and oxygen atoms in total. The first-order valence-corrected chi connectivity index (χ1v) is 13.2. The molecule has 176 valence electrons. The van der Waals surface area contributed by atoms with Crippen LogP contribution < -0.4 is 14.4 Å². The van der Waals surface area contributed by atoms with Crippen molar-refractivity contribution in [3.05, 3.63) is 59.6 Å². The Hall–Kier alpha value is -3.04. The Kier molecular flexibility index (Phi) is 7.01. The molecule has 2 aromatic heterocycles. The number of aromatic nitrogens is 4. The summed E-state index contributed by atoms with van der Waals surface area (Å²) in [4.78, 5) is 7.22. The molecular formula is C25H27N5O2S2. The number of hydrogen-bond acceptors (Lipinski definition) is 8. The highest BCUT2D eigenvalue weighted by molar-refractivity contribution is 7.98. The van der Waals surface area contributed by atoms with Crippen molar-refractivity contribution in [1.82, 2.24) is 19.7 Å². The number of rotatable bonds is 8. The van der Waals surface area contributed by atoms with Crippen molar-refractivity contribution in [1.29, 1.82) is 0 Å². The Balaban J connectivity index is 1.39. The predicted molar refractivity (Wildman–Crippen MR) is 138 cm³/mol. The first-order valence-electron chi connectivity index (χ1n) is 11.3. The minimum atomic E-state index is 0.701. The van der Waals surface area contributed by atoms with Crippen LogP contribution in [0.1, 0.15) is 25.0 Å². The Morgan fingerprint density at radius 2 is 1.76 bits per heavy atom. The van der Waals surface area contributed by atoms with Crippen molar-refractivity contribution in [2.24, 2.45) is 0 Å². The molecule has 5 rings (SSSR count). The molecule has 0 aliphatic carbocycles. The minimum Gasteiger partial charge on any atom is -0.493 e. The second kappa shape index (κ2) is 10.5. The molecule has 4 aromatic rings. The van der Waals surface area contributed by atoms with Crippen LogP contribution in [-0.4, -0.2) is 47.1 Å². The molecule has 1 aliphatic rings. The van der Waals surface area contributed by atoms with Crippen molar-refractivity contribution in [2.45, 2.75) is 30.2 Å². The fourth-order valence-electron chi connectivity index (χ4n) is 4.15. The average Bonchev–Trinajstić information content (AvgIpc) is 3.55. The van der Waals surface area contributed by atoms with Crippen molar-refractivity contribution in [3.8, 4) is 27.8 Å². The molecule has 0 bridgehead atoms. The number of thiazole rings is 1. The van der Waals surface area contributed by atoms with Crippen LogP contribution in [0.25, 0.3) is 16.3 Å². The molecule has 34 heavy (non-hydrogen) atoms. The second-order valence-electron chi connectivity index (χ2n) is 7.97. The first kappa shape index (κ1) is 22.7. The molecule has 0 atom stereocenters. The minimum absolute atomic E-state index is 0.701. The number of nitrogens with zero attached hydrogens (tertiary/aromatic N) is 5. The van der Waals surface area contributed by atoms with E-state index in [1.807, 2.05) is 24.3 Å². The lowest BCUT2D eigenvalue weighted by atomic mass is 10.1. The van der Waals surface area contributed by atoms with Crippen LogP contribution in [0.2, 0.25) is 0 Å². The molecule has 0 saturated carbocycles. The lowest BCUT2D eigenvalue weighted by molar-refractivity contribution is 0.356. The molecule has 9 heteroatoms. The van der Waals surface area contributed by atoms with E-state index < -0.39 is 0 Å².